The quantitative estimate of drug-likeness (QED) is 0.101. The van der Waals surface area contributed by atoms with Gasteiger partial charge in [0.1, 0.15) is 0 Å². The van der Waals surface area contributed by atoms with Gasteiger partial charge in [0.05, 0.1) is 16.9 Å². The van der Waals surface area contributed by atoms with Gasteiger partial charge in [-0.15, -0.1) is 65.5 Å². The fraction of sp³-hybridized carbons (Fsp3) is 0. The average molecular weight is 891 g/mol. The van der Waals surface area contributed by atoms with E-state index in [0.717, 1.165) is 56.0 Å². The third-order valence-corrected chi connectivity index (χ3v) is 8.00. The van der Waals surface area contributed by atoms with Crippen molar-refractivity contribution in [1.82, 2.24) is 19.5 Å². The van der Waals surface area contributed by atoms with Crippen LogP contribution in [0.5, 0.6) is 0 Å². The molecule has 0 bridgehead atoms. The zero-order valence-corrected chi connectivity index (χ0v) is 32.0. The van der Waals surface area contributed by atoms with Crippen LogP contribution in [0.15, 0.2) is 158 Å². The maximum atomic E-state index is 4.97. The van der Waals surface area contributed by atoms with Crippen molar-refractivity contribution in [2.24, 2.45) is 0 Å². The summed E-state index contributed by atoms with van der Waals surface area (Å²) in [7, 11) is 0. The molecule has 0 aliphatic carbocycles. The number of nitrogens with zero attached hydrogens (tertiary/aromatic N) is 4. The monoisotopic (exact) mass is 891 g/mol. The van der Waals surface area contributed by atoms with Gasteiger partial charge >= 0.3 is 0 Å². The van der Waals surface area contributed by atoms with E-state index in [1.807, 2.05) is 72.8 Å². The van der Waals surface area contributed by atoms with Crippen LogP contribution in [-0.2, 0) is 52.8 Å². The molecule has 0 unspecified atom stereocenters. The molecule has 0 N–H and O–H groups in total. The number of para-hydroxylation sites is 3. The van der Waals surface area contributed by atoms with Crippen molar-refractivity contribution in [2.75, 3.05) is 0 Å². The molecule has 7 heteroatoms. The number of imidazole rings is 1. The molecular weight excluding hydrogens is 864 g/mol. The topological polar surface area (TPSA) is 43.6 Å². The van der Waals surface area contributed by atoms with Crippen LogP contribution in [0.1, 0.15) is 0 Å². The van der Waals surface area contributed by atoms with Crippen LogP contribution in [-0.4, -0.2) is 27.9 Å². The molecule has 0 saturated heterocycles. The smallest absolute Gasteiger partial charge is 0.0748 e. The Hall–Kier alpha value is -4.57. The summed E-state index contributed by atoms with van der Waals surface area (Å²) in [5, 5.41) is 4.79. The normalized spacial score (nSPS) is 10.3. The predicted molar refractivity (Wildman–Crippen MR) is 196 cm³/mol. The van der Waals surface area contributed by atoms with Crippen molar-refractivity contribution in [2.45, 2.75) is 0 Å². The molecule has 0 spiro atoms. The number of hydrogen-bond donors (Lipinski definition) is 0. The van der Waals surface area contributed by atoms with Gasteiger partial charge in [0.15, 0.2) is 0 Å². The second-order valence-electron chi connectivity index (χ2n) is 11.0. The molecule has 2 heterocycles. The molecule has 0 fully saturated rings. The number of hydrogen-bond acceptors (Lipinski definition) is 3. The summed E-state index contributed by atoms with van der Waals surface area (Å²) in [5.74, 6) is 1.55. The van der Waals surface area contributed by atoms with Crippen LogP contribution in [0.3, 0.4) is 0 Å². The molecule has 0 atom stereocenters. The Kier molecular flexibility index (Phi) is 12.4. The maximum absolute atomic E-state index is 4.97. The largest absolute Gasteiger partial charge is 0.374 e. The van der Waals surface area contributed by atoms with Gasteiger partial charge in [0.25, 0.3) is 0 Å². The van der Waals surface area contributed by atoms with Crippen LogP contribution in [0.2, 0.25) is 0 Å². The first kappa shape index (κ1) is 36.7. The molecule has 0 aliphatic rings. The van der Waals surface area contributed by atoms with E-state index in [1.165, 1.54) is 16.2 Å². The van der Waals surface area contributed by atoms with Gasteiger partial charge in [-0.05, 0) is 46.9 Å². The minimum absolute atomic E-state index is 0. The third kappa shape index (κ3) is 7.60. The summed E-state index contributed by atoms with van der Waals surface area (Å²) in [4.78, 5) is 13.2. The molecule has 4 nitrogen and oxygen atoms in total. The predicted octanol–water partition coefficient (Wildman–Crippen LogP) is 9.62. The number of rotatable bonds is 4. The SMILES string of the molecule is [B].[Ir].[Y].[c-]1ccc(-c2[c-]c3ccc4ccccc4c3cc2)[c-]c1-c1nc2ccccc2n1-c1ccccc1.[c-]1ccccc1-c1ncccn1. The second-order valence-corrected chi connectivity index (χ2v) is 11.0. The molecule has 237 valence electrons. The van der Waals surface area contributed by atoms with Crippen molar-refractivity contribution < 1.29 is 52.8 Å². The van der Waals surface area contributed by atoms with Crippen molar-refractivity contribution in [3.63, 3.8) is 0 Å². The first-order valence-electron chi connectivity index (χ1n) is 15.4. The molecule has 0 amide bonds. The van der Waals surface area contributed by atoms with E-state index in [4.69, 9.17) is 4.98 Å². The molecule has 9 rings (SSSR count). The Bertz CT molecular complexity index is 2430. The van der Waals surface area contributed by atoms with Gasteiger partial charge in [-0.3, -0.25) is 33.2 Å². The number of benzene rings is 7. The number of fused-ring (bicyclic) bond motifs is 4. The molecular formula is C43H26BIrN4Y-4. The Morgan fingerprint density at radius 1 is 0.540 bits per heavy atom. The minimum atomic E-state index is 0. The van der Waals surface area contributed by atoms with E-state index in [2.05, 4.69) is 106 Å². The van der Waals surface area contributed by atoms with E-state index >= 15 is 0 Å². The van der Waals surface area contributed by atoms with Crippen LogP contribution in [0.4, 0.5) is 0 Å². The summed E-state index contributed by atoms with van der Waals surface area (Å²) in [6.45, 7) is 0. The zero-order chi connectivity index (χ0) is 31.4. The van der Waals surface area contributed by atoms with Crippen LogP contribution in [0, 0.1) is 24.3 Å². The van der Waals surface area contributed by atoms with Gasteiger partial charge in [-0.2, -0.15) is 5.56 Å². The van der Waals surface area contributed by atoms with Crippen LogP contribution < -0.4 is 0 Å². The fourth-order valence-corrected chi connectivity index (χ4v) is 5.80. The van der Waals surface area contributed by atoms with Gasteiger partial charge in [0, 0.05) is 79.3 Å². The maximum Gasteiger partial charge on any atom is 0.0748 e. The van der Waals surface area contributed by atoms with Crippen LogP contribution in [0.25, 0.3) is 72.2 Å². The Labute approximate surface area is 332 Å². The van der Waals surface area contributed by atoms with Gasteiger partial charge in [0.2, 0.25) is 0 Å². The molecule has 0 saturated carbocycles. The van der Waals surface area contributed by atoms with E-state index in [9.17, 15) is 0 Å². The summed E-state index contributed by atoms with van der Waals surface area (Å²) in [6.07, 6.45) is 3.45. The molecule has 0 aliphatic heterocycles. The third-order valence-electron chi connectivity index (χ3n) is 8.00. The molecule has 5 radical (unpaired) electrons. The van der Waals surface area contributed by atoms with E-state index in [0.29, 0.717) is 0 Å². The number of aromatic nitrogens is 4. The fourth-order valence-electron chi connectivity index (χ4n) is 5.80. The van der Waals surface area contributed by atoms with Gasteiger partial charge in [-0.1, -0.05) is 66.0 Å². The van der Waals surface area contributed by atoms with Gasteiger partial charge in [-0.25, -0.2) is 6.07 Å². The van der Waals surface area contributed by atoms with Crippen molar-refractivity contribution in [3.8, 4) is 39.6 Å². The summed E-state index contributed by atoms with van der Waals surface area (Å²) in [5.41, 5.74) is 6.80. The Morgan fingerprint density at radius 2 is 1.28 bits per heavy atom. The zero-order valence-electron chi connectivity index (χ0n) is 26.8. The van der Waals surface area contributed by atoms with E-state index in [-0.39, 0.29) is 61.2 Å². The van der Waals surface area contributed by atoms with Crippen molar-refractivity contribution >= 4 is 41.0 Å². The van der Waals surface area contributed by atoms with E-state index in [1.54, 1.807) is 18.5 Å². The van der Waals surface area contributed by atoms with Crippen molar-refractivity contribution in [1.29, 1.82) is 0 Å². The molecule has 9 aromatic rings. The average Bonchev–Trinajstić information content (AvgIpc) is 3.56. The van der Waals surface area contributed by atoms with Crippen molar-refractivity contribution in [3.05, 3.63) is 182 Å². The molecule has 50 heavy (non-hydrogen) atoms. The molecule has 2 aromatic heterocycles. The first-order chi connectivity index (χ1) is 23.3. The van der Waals surface area contributed by atoms with Gasteiger partial charge < -0.3 is 15.6 Å². The Morgan fingerprint density at radius 3 is 2.10 bits per heavy atom. The summed E-state index contributed by atoms with van der Waals surface area (Å²) < 4.78 is 2.18. The first-order valence-corrected chi connectivity index (χ1v) is 15.4. The van der Waals surface area contributed by atoms with Crippen LogP contribution >= 0.6 is 0 Å². The summed E-state index contributed by atoms with van der Waals surface area (Å²) in [6, 6.07) is 62.7. The second kappa shape index (κ2) is 16.9. The summed E-state index contributed by atoms with van der Waals surface area (Å²) >= 11 is 0. The Balaban J connectivity index is 0.000000277. The standard InChI is InChI=1S/C33H19N2.C10H7N2.B.Ir.Y/c1-2-12-28(13-3-1)35-32-16-7-6-15-31(32)34-33(35)27-11-8-10-24(22-27)25-19-20-30-26(21-25)18-17-23-9-4-5-14-29(23)30;1-2-5-9(6-3-1)10-11-7-4-8-12-10;;;/h1-10,12-20H;1-5,7-8H;;;/q-3;-1;;;. The van der Waals surface area contributed by atoms with E-state index < -0.39 is 0 Å². The minimum Gasteiger partial charge on any atom is -0.374 e. The molecule has 7 aromatic carbocycles.